The molecule has 1 saturated carbocycles. The van der Waals surface area contributed by atoms with Gasteiger partial charge in [-0.3, -0.25) is 14.9 Å². The molecule has 5 heteroatoms. The Balaban J connectivity index is 1.46. The SMILES string of the molecule is O=C1NC(=O)C2(Nc3ccc(C4CCNCC4)cc3)CC1C2. The molecule has 0 atom stereocenters. The number of hydrogen-bond donors (Lipinski definition) is 3. The summed E-state index contributed by atoms with van der Waals surface area (Å²) in [6.45, 7) is 2.17. The zero-order valence-electron chi connectivity index (χ0n) is 12.5. The van der Waals surface area contributed by atoms with Crippen LogP contribution in [-0.2, 0) is 9.59 Å². The van der Waals surface area contributed by atoms with E-state index < -0.39 is 5.54 Å². The summed E-state index contributed by atoms with van der Waals surface area (Å²) in [7, 11) is 0. The molecule has 5 rings (SSSR count). The summed E-state index contributed by atoms with van der Waals surface area (Å²) >= 11 is 0. The largest absolute Gasteiger partial charge is 0.371 e. The van der Waals surface area contributed by atoms with Gasteiger partial charge in [0.15, 0.2) is 0 Å². The topological polar surface area (TPSA) is 70.2 Å². The summed E-state index contributed by atoms with van der Waals surface area (Å²) in [6, 6.07) is 8.44. The number of fused-ring (bicyclic) bond motifs is 2. The molecule has 116 valence electrons. The van der Waals surface area contributed by atoms with E-state index in [-0.39, 0.29) is 17.7 Å². The number of carbonyl (C=O) groups excluding carboxylic acids is 2. The van der Waals surface area contributed by atoms with Gasteiger partial charge in [0.25, 0.3) is 5.91 Å². The van der Waals surface area contributed by atoms with E-state index in [0.717, 1.165) is 18.8 Å². The molecular weight excluding hydrogens is 278 g/mol. The van der Waals surface area contributed by atoms with E-state index in [2.05, 4.69) is 40.2 Å². The lowest BCUT2D eigenvalue weighted by Gasteiger charge is -2.50. The van der Waals surface area contributed by atoms with Gasteiger partial charge in [-0.2, -0.15) is 0 Å². The molecule has 3 saturated heterocycles. The Bertz CT molecular complexity index is 599. The quantitative estimate of drug-likeness (QED) is 0.737. The van der Waals surface area contributed by atoms with Gasteiger partial charge >= 0.3 is 0 Å². The molecule has 4 fully saturated rings. The predicted molar refractivity (Wildman–Crippen MR) is 83.5 cm³/mol. The number of piperidine rings is 3. The van der Waals surface area contributed by atoms with Gasteiger partial charge in [0.05, 0.1) is 0 Å². The molecule has 4 aliphatic rings. The van der Waals surface area contributed by atoms with Crippen molar-refractivity contribution in [1.29, 1.82) is 0 Å². The van der Waals surface area contributed by atoms with Crippen LogP contribution in [-0.4, -0.2) is 30.4 Å². The van der Waals surface area contributed by atoms with Crippen molar-refractivity contribution in [1.82, 2.24) is 10.6 Å². The normalized spacial score (nSPS) is 31.4. The van der Waals surface area contributed by atoms with E-state index in [9.17, 15) is 9.59 Å². The Labute approximate surface area is 129 Å². The molecule has 3 aliphatic heterocycles. The highest BCUT2D eigenvalue weighted by Gasteiger charge is 2.57. The Morgan fingerprint density at radius 1 is 1.00 bits per heavy atom. The number of imide groups is 1. The highest BCUT2D eigenvalue weighted by molar-refractivity contribution is 6.08. The van der Waals surface area contributed by atoms with Crippen molar-refractivity contribution in [2.45, 2.75) is 37.1 Å². The second kappa shape index (κ2) is 5.09. The molecule has 2 bridgehead atoms. The fourth-order valence-electron chi connectivity index (χ4n) is 3.91. The third-order valence-corrected chi connectivity index (χ3v) is 5.34. The standard InChI is InChI=1S/C17H21N3O2/c21-15-13-9-17(10-13,16(22)19-15)20-14-3-1-11(2-4-14)12-5-7-18-8-6-12/h1-4,12-13,18,20H,5-10H2,(H,19,21,22). The molecule has 22 heavy (non-hydrogen) atoms. The van der Waals surface area contributed by atoms with E-state index >= 15 is 0 Å². The minimum Gasteiger partial charge on any atom is -0.371 e. The predicted octanol–water partition coefficient (Wildman–Crippen LogP) is 1.37. The highest BCUT2D eigenvalue weighted by atomic mass is 16.2. The number of benzene rings is 1. The van der Waals surface area contributed by atoms with Crippen molar-refractivity contribution < 1.29 is 9.59 Å². The summed E-state index contributed by atoms with van der Waals surface area (Å²) < 4.78 is 0. The van der Waals surface area contributed by atoms with Gasteiger partial charge in [-0.15, -0.1) is 0 Å². The number of rotatable bonds is 3. The van der Waals surface area contributed by atoms with Crippen LogP contribution in [0, 0.1) is 5.92 Å². The Morgan fingerprint density at radius 2 is 1.68 bits per heavy atom. The van der Waals surface area contributed by atoms with Crippen molar-refractivity contribution in [2.75, 3.05) is 18.4 Å². The molecule has 1 aromatic carbocycles. The van der Waals surface area contributed by atoms with Crippen LogP contribution in [0.4, 0.5) is 5.69 Å². The summed E-state index contributed by atoms with van der Waals surface area (Å²) in [5.41, 5.74) is 1.76. The van der Waals surface area contributed by atoms with Crippen LogP contribution in [0.25, 0.3) is 0 Å². The number of carbonyl (C=O) groups is 2. The fourth-order valence-corrected chi connectivity index (χ4v) is 3.91. The zero-order valence-corrected chi connectivity index (χ0v) is 12.5. The molecular formula is C17H21N3O2. The maximum atomic E-state index is 12.1. The highest BCUT2D eigenvalue weighted by Crippen LogP contribution is 2.44. The van der Waals surface area contributed by atoms with E-state index in [1.807, 2.05) is 0 Å². The summed E-state index contributed by atoms with van der Waals surface area (Å²) in [5, 5.41) is 9.19. The molecule has 0 unspecified atom stereocenters. The maximum absolute atomic E-state index is 12.1. The Kier molecular flexibility index (Phi) is 3.18. The first-order chi connectivity index (χ1) is 10.7. The average molecular weight is 299 g/mol. The Morgan fingerprint density at radius 3 is 2.32 bits per heavy atom. The van der Waals surface area contributed by atoms with E-state index in [0.29, 0.717) is 18.8 Å². The lowest BCUT2D eigenvalue weighted by molar-refractivity contribution is -0.148. The van der Waals surface area contributed by atoms with Gasteiger partial charge in [0, 0.05) is 11.6 Å². The van der Waals surface area contributed by atoms with Gasteiger partial charge in [0.1, 0.15) is 5.54 Å². The molecule has 1 aliphatic carbocycles. The van der Waals surface area contributed by atoms with Crippen LogP contribution in [0.2, 0.25) is 0 Å². The van der Waals surface area contributed by atoms with E-state index in [4.69, 9.17) is 0 Å². The van der Waals surface area contributed by atoms with Crippen LogP contribution in [0.3, 0.4) is 0 Å². The molecule has 0 spiro atoms. The summed E-state index contributed by atoms with van der Waals surface area (Å²) in [4.78, 5) is 23.6. The van der Waals surface area contributed by atoms with Crippen LogP contribution < -0.4 is 16.0 Å². The molecule has 2 amide bonds. The molecule has 0 radical (unpaired) electrons. The van der Waals surface area contributed by atoms with Gasteiger partial charge in [-0.1, -0.05) is 12.1 Å². The average Bonchev–Trinajstić information content (AvgIpc) is 2.50. The first-order valence-electron chi connectivity index (χ1n) is 8.10. The van der Waals surface area contributed by atoms with Crippen molar-refractivity contribution >= 4 is 17.5 Å². The Hall–Kier alpha value is -1.88. The van der Waals surface area contributed by atoms with Gasteiger partial charge < -0.3 is 10.6 Å². The molecule has 0 aromatic heterocycles. The van der Waals surface area contributed by atoms with Crippen molar-refractivity contribution in [3.8, 4) is 0 Å². The van der Waals surface area contributed by atoms with Crippen molar-refractivity contribution in [3.05, 3.63) is 29.8 Å². The molecule has 1 aromatic rings. The number of hydrogen-bond acceptors (Lipinski definition) is 4. The summed E-state index contributed by atoms with van der Waals surface area (Å²) in [6.07, 6.45) is 3.60. The maximum Gasteiger partial charge on any atom is 0.252 e. The van der Waals surface area contributed by atoms with Gasteiger partial charge in [0.2, 0.25) is 5.91 Å². The van der Waals surface area contributed by atoms with Crippen LogP contribution in [0.15, 0.2) is 24.3 Å². The third-order valence-electron chi connectivity index (χ3n) is 5.34. The second-order valence-electron chi connectivity index (χ2n) is 6.78. The number of nitrogens with one attached hydrogen (secondary N) is 3. The molecule has 5 nitrogen and oxygen atoms in total. The lowest BCUT2D eigenvalue weighted by Crippen LogP contribution is -2.69. The first-order valence-corrected chi connectivity index (χ1v) is 8.10. The number of amides is 2. The van der Waals surface area contributed by atoms with E-state index in [1.165, 1.54) is 18.4 Å². The summed E-state index contributed by atoms with van der Waals surface area (Å²) in [5.74, 6) is 0.341. The molecule has 3 heterocycles. The van der Waals surface area contributed by atoms with Gasteiger partial charge in [-0.05, 0) is 62.4 Å². The van der Waals surface area contributed by atoms with Crippen LogP contribution in [0.1, 0.15) is 37.2 Å². The van der Waals surface area contributed by atoms with E-state index in [1.54, 1.807) is 0 Å². The minimum atomic E-state index is -0.575. The van der Waals surface area contributed by atoms with Gasteiger partial charge in [-0.25, -0.2) is 0 Å². The zero-order chi connectivity index (χ0) is 15.2. The molecule has 3 N–H and O–H groups in total. The van der Waals surface area contributed by atoms with Crippen LogP contribution >= 0.6 is 0 Å². The monoisotopic (exact) mass is 299 g/mol. The minimum absolute atomic E-state index is 0.000730. The fraction of sp³-hybridized carbons (Fsp3) is 0.529. The number of anilines is 1. The van der Waals surface area contributed by atoms with Crippen LogP contribution in [0.5, 0.6) is 0 Å². The van der Waals surface area contributed by atoms with Crippen molar-refractivity contribution in [2.24, 2.45) is 5.92 Å². The lowest BCUT2D eigenvalue weighted by atomic mass is 9.64. The second-order valence-corrected chi connectivity index (χ2v) is 6.78. The van der Waals surface area contributed by atoms with Crippen molar-refractivity contribution in [3.63, 3.8) is 0 Å². The smallest absolute Gasteiger partial charge is 0.252 e. The third kappa shape index (κ3) is 2.20. The first kappa shape index (κ1) is 13.8.